The van der Waals surface area contributed by atoms with Crippen molar-refractivity contribution in [2.45, 2.75) is 6.92 Å². The number of rotatable bonds is 1. The highest BCUT2D eigenvalue weighted by atomic mass is 16.3. The lowest BCUT2D eigenvalue weighted by Crippen LogP contribution is -2.10. The second-order valence-electron chi connectivity index (χ2n) is 3.30. The number of carbonyl (C=O) groups excluding carboxylic acids is 1. The summed E-state index contributed by atoms with van der Waals surface area (Å²) in [6, 6.07) is 7.09. The Morgan fingerprint density at radius 3 is 2.47 bits per heavy atom. The molecule has 1 aromatic carbocycles. The number of aliphatic hydroxyl groups is 1. The zero-order valence-corrected chi connectivity index (χ0v) is 8.19. The van der Waals surface area contributed by atoms with Crippen molar-refractivity contribution in [1.82, 2.24) is 0 Å². The maximum Gasteiger partial charge on any atom is 0.165 e. The van der Waals surface area contributed by atoms with Crippen molar-refractivity contribution in [2.24, 2.45) is 10.9 Å². The number of hydrogen-bond acceptors (Lipinski definition) is 4. The standard InChI is InChI=1S/C11H10N2O2/c1-6(14)9-10(13-12)7-4-2-3-5-8(7)11(9)15/h2-5,15H,12H2,1H3. The van der Waals surface area contributed by atoms with Crippen LogP contribution in [0.4, 0.5) is 0 Å². The molecule has 0 radical (unpaired) electrons. The van der Waals surface area contributed by atoms with E-state index in [2.05, 4.69) is 5.10 Å². The van der Waals surface area contributed by atoms with E-state index in [9.17, 15) is 9.90 Å². The van der Waals surface area contributed by atoms with Crippen LogP contribution in [-0.4, -0.2) is 16.6 Å². The van der Waals surface area contributed by atoms with Gasteiger partial charge in [0, 0.05) is 11.1 Å². The van der Waals surface area contributed by atoms with Crippen LogP contribution in [0.15, 0.2) is 34.9 Å². The molecule has 0 amide bonds. The molecule has 76 valence electrons. The number of benzene rings is 1. The molecule has 0 bridgehead atoms. The number of ketones is 1. The van der Waals surface area contributed by atoms with E-state index < -0.39 is 0 Å². The van der Waals surface area contributed by atoms with Crippen LogP contribution in [0.2, 0.25) is 0 Å². The van der Waals surface area contributed by atoms with Gasteiger partial charge in [-0.2, -0.15) is 5.10 Å². The van der Waals surface area contributed by atoms with Crippen LogP contribution in [-0.2, 0) is 4.79 Å². The van der Waals surface area contributed by atoms with Crippen molar-refractivity contribution in [3.63, 3.8) is 0 Å². The Morgan fingerprint density at radius 2 is 1.93 bits per heavy atom. The molecule has 1 aromatic rings. The van der Waals surface area contributed by atoms with E-state index in [-0.39, 0.29) is 17.1 Å². The van der Waals surface area contributed by atoms with Gasteiger partial charge in [0.2, 0.25) is 0 Å². The van der Waals surface area contributed by atoms with Crippen molar-refractivity contribution in [1.29, 1.82) is 0 Å². The second kappa shape index (κ2) is 3.24. The number of hydrazone groups is 1. The van der Waals surface area contributed by atoms with Gasteiger partial charge in [-0.15, -0.1) is 0 Å². The summed E-state index contributed by atoms with van der Waals surface area (Å²) >= 11 is 0. The highest BCUT2D eigenvalue weighted by molar-refractivity contribution is 6.35. The average molecular weight is 202 g/mol. The van der Waals surface area contributed by atoms with Gasteiger partial charge in [-0.3, -0.25) is 4.79 Å². The molecule has 0 spiro atoms. The molecule has 2 rings (SSSR count). The molecule has 15 heavy (non-hydrogen) atoms. The highest BCUT2D eigenvalue weighted by Gasteiger charge is 2.29. The second-order valence-corrected chi connectivity index (χ2v) is 3.30. The van der Waals surface area contributed by atoms with Crippen molar-refractivity contribution in [3.8, 4) is 0 Å². The zero-order valence-electron chi connectivity index (χ0n) is 8.19. The van der Waals surface area contributed by atoms with Gasteiger partial charge in [-0.25, -0.2) is 0 Å². The minimum absolute atomic E-state index is 0.0395. The van der Waals surface area contributed by atoms with Crippen LogP contribution < -0.4 is 5.84 Å². The molecular formula is C11H10N2O2. The van der Waals surface area contributed by atoms with Crippen molar-refractivity contribution >= 4 is 17.3 Å². The molecule has 0 saturated carbocycles. The minimum atomic E-state index is -0.243. The predicted molar refractivity (Wildman–Crippen MR) is 57.4 cm³/mol. The Morgan fingerprint density at radius 1 is 1.33 bits per heavy atom. The van der Waals surface area contributed by atoms with Crippen LogP contribution in [0.25, 0.3) is 5.76 Å². The summed E-state index contributed by atoms with van der Waals surface area (Å²) in [4.78, 5) is 11.3. The maximum atomic E-state index is 11.3. The van der Waals surface area contributed by atoms with Crippen LogP contribution in [0.1, 0.15) is 18.1 Å². The van der Waals surface area contributed by atoms with E-state index in [1.165, 1.54) is 6.92 Å². The SMILES string of the molecule is CC(=O)C1=C(O)c2ccccc2C1=NN. The fraction of sp³-hybridized carbons (Fsp3) is 0.0909. The van der Waals surface area contributed by atoms with Crippen LogP contribution in [0.5, 0.6) is 0 Å². The first-order valence-corrected chi connectivity index (χ1v) is 4.49. The number of aliphatic hydroxyl groups excluding tert-OH is 1. The first kappa shape index (κ1) is 9.45. The zero-order chi connectivity index (χ0) is 11.0. The van der Waals surface area contributed by atoms with Gasteiger partial charge in [-0.05, 0) is 6.92 Å². The number of carbonyl (C=O) groups is 1. The fourth-order valence-electron chi connectivity index (χ4n) is 1.75. The molecule has 1 aliphatic carbocycles. The van der Waals surface area contributed by atoms with Gasteiger partial charge in [0.1, 0.15) is 11.5 Å². The third kappa shape index (κ3) is 1.22. The normalized spacial score (nSPS) is 17.0. The number of fused-ring (bicyclic) bond motifs is 1. The number of nitrogens with zero attached hydrogens (tertiary/aromatic N) is 1. The molecule has 0 atom stereocenters. The molecule has 0 fully saturated rings. The van der Waals surface area contributed by atoms with Crippen molar-refractivity contribution in [2.75, 3.05) is 0 Å². The molecule has 0 aliphatic heterocycles. The molecule has 0 aromatic heterocycles. The molecule has 0 unspecified atom stereocenters. The Labute approximate surface area is 86.7 Å². The number of hydrogen-bond donors (Lipinski definition) is 2. The summed E-state index contributed by atoms with van der Waals surface area (Å²) in [7, 11) is 0. The monoisotopic (exact) mass is 202 g/mol. The molecule has 3 N–H and O–H groups in total. The van der Waals surface area contributed by atoms with E-state index in [0.717, 1.165) is 0 Å². The summed E-state index contributed by atoms with van der Waals surface area (Å²) in [5.74, 6) is 4.95. The lowest BCUT2D eigenvalue weighted by atomic mass is 10.1. The number of allylic oxidation sites excluding steroid dienone is 1. The molecule has 0 saturated heterocycles. The largest absolute Gasteiger partial charge is 0.506 e. The third-order valence-corrected chi connectivity index (χ3v) is 2.39. The summed E-state index contributed by atoms with van der Waals surface area (Å²) in [5.41, 5.74) is 1.85. The van der Waals surface area contributed by atoms with Gasteiger partial charge in [-0.1, -0.05) is 24.3 Å². The summed E-state index contributed by atoms with van der Waals surface area (Å²) in [6.07, 6.45) is 0. The first-order valence-electron chi connectivity index (χ1n) is 4.49. The Bertz CT molecular complexity index is 501. The van der Waals surface area contributed by atoms with Gasteiger partial charge >= 0.3 is 0 Å². The number of Topliss-reactive ketones (excluding diaryl/α,β-unsaturated/α-hetero) is 1. The topological polar surface area (TPSA) is 75.7 Å². The lowest BCUT2D eigenvalue weighted by molar-refractivity contribution is -0.113. The van der Waals surface area contributed by atoms with Crippen LogP contribution >= 0.6 is 0 Å². The molecule has 4 nitrogen and oxygen atoms in total. The predicted octanol–water partition coefficient (Wildman–Crippen LogP) is 1.22. The quantitative estimate of drug-likeness (QED) is 0.531. The lowest BCUT2D eigenvalue weighted by Gasteiger charge is -1.99. The van der Waals surface area contributed by atoms with Gasteiger partial charge < -0.3 is 10.9 Å². The summed E-state index contributed by atoms with van der Waals surface area (Å²) in [5, 5.41) is 13.4. The van der Waals surface area contributed by atoms with E-state index in [4.69, 9.17) is 5.84 Å². The molecule has 1 aliphatic rings. The highest BCUT2D eigenvalue weighted by Crippen LogP contribution is 2.31. The molecule has 0 heterocycles. The van der Waals surface area contributed by atoms with Crippen LogP contribution in [0, 0.1) is 0 Å². The average Bonchev–Trinajstić information content (AvgIpc) is 2.52. The van der Waals surface area contributed by atoms with E-state index in [1.807, 2.05) is 0 Å². The van der Waals surface area contributed by atoms with E-state index >= 15 is 0 Å². The maximum absolute atomic E-state index is 11.3. The number of nitrogens with two attached hydrogens (primary N) is 1. The van der Waals surface area contributed by atoms with Crippen LogP contribution in [0.3, 0.4) is 0 Å². The smallest absolute Gasteiger partial charge is 0.165 e. The fourth-order valence-corrected chi connectivity index (χ4v) is 1.75. The van der Waals surface area contributed by atoms with E-state index in [1.54, 1.807) is 24.3 Å². The first-order chi connectivity index (χ1) is 7.16. The minimum Gasteiger partial charge on any atom is -0.506 e. The molecule has 4 heteroatoms. The van der Waals surface area contributed by atoms with Gasteiger partial charge in [0.05, 0.1) is 5.57 Å². The van der Waals surface area contributed by atoms with Gasteiger partial charge in [0.25, 0.3) is 0 Å². The van der Waals surface area contributed by atoms with Crippen molar-refractivity contribution < 1.29 is 9.90 Å². The van der Waals surface area contributed by atoms with Gasteiger partial charge in [0.15, 0.2) is 5.78 Å². The summed E-state index contributed by atoms with van der Waals surface area (Å²) < 4.78 is 0. The Balaban J connectivity index is 2.73. The molecular weight excluding hydrogens is 192 g/mol. The van der Waals surface area contributed by atoms with E-state index in [0.29, 0.717) is 16.8 Å². The Kier molecular flexibility index (Phi) is 2.04. The van der Waals surface area contributed by atoms with Crippen molar-refractivity contribution in [3.05, 3.63) is 41.0 Å². The Hall–Kier alpha value is -2.10. The third-order valence-electron chi connectivity index (χ3n) is 2.39. The summed E-state index contributed by atoms with van der Waals surface area (Å²) in [6.45, 7) is 1.38.